The minimum Gasteiger partial charge on any atom is -0.493 e. The van der Waals surface area contributed by atoms with Crippen molar-refractivity contribution >= 4 is 34.7 Å². The molecule has 2 aromatic heterocycles. The third-order valence-corrected chi connectivity index (χ3v) is 4.51. The summed E-state index contributed by atoms with van der Waals surface area (Å²) in [6.45, 7) is 0.351. The van der Waals surface area contributed by atoms with E-state index < -0.39 is 0 Å². The van der Waals surface area contributed by atoms with Crippen LogP contribution in [0.1, 0.15) is 15.2 Å². The van der Waals surface area contributed by atoms with Gasteiger partial charge >= 0.3 is 0 Å². The molecular formula is C18H15ClN2O3S. The van der Waals surface area contributed by atoms with Crippen molar-refractivity contribution in [2.24, 2.45) is 0 Å². The van der Waals surface area contributed by atoms with Crippen LogP contribution in [0.15, 0.2) is 54.0 Å². The lowest BCUT2D eigenvalue weighted by molar-refractivity contribution is 0.103. The monoisotopic (exact) mass is 374 g/mol. The van der Waals surface area contributed by atoms with Crippen LogP contribution in [-0.4, -0.2) is 18.0 Å². The van der Waals surface area contributed by atoms with Crippen LogP contribution in [0.4, 0.5) is 5.82 Å². The quantitative estimate of drug-likeness (QED) is 0.683. The molecule has 0 atom stereocenters. The molecule has 0 bridgehead atoms. The molecule has 0 aliphatic heterocycles. The van der Waals surface area contributed by atoms with Crippen molar-refractivity contribution < 1.29 is 14.3 Å². The average molecular weight is 375 g/mol. The number of benzene rings is 1. The Bertz CT molecular complexity index is 865. The predicted octanol–water partition coefficient (Wildman–Crippen LogP) is 4.64. The van der Waals surface area contributed by atoms with Gasteiger partial charge in [-0.2, -0.15) is 0 Å². The Morgan fingerprint density at radius 2 is 2.04 bits per heavy atom. The summed E-state index contributed by atoms with van der Waals surface area (Å²) in [5, 5.41) is 5.14. The number of para-hydroxylation sites is 2. The molecule has 0 spiro atoms. The molecule has 3 rings (SSSR count). The second kappa shape index (κ2) is 8.00. The smallest absolute Gasteiger partial charge is 0.266 e. The van der Waals surface area contributed by atoms with Crippen molar-refractivity contribution in [1.82, 2.24) is 4.98 Å². The Labute approximate surface area is 154 Å². The van der Waals surface area contributed by atoms with Crippen LogP contribution < -0.4 is 14.8 Å². The minimum atomic E-state index is -0.219. The normalized spacial score (nSPS) is 10.3. The van der Waals surface area contributed by atoms with Crippen molar-refractivity contribution in [2.45, 2.75) is 6.61 Å². The molecule has 1 aromatic carbocycles. The Kier molecular flexibility index (Phi) is 5.53. The number of pyridine rings is 1. The molecule has 0 saturated heterocycles. The number of thiophene rings is 1. The van der Waals surface area contributed by atoms with Crippen molar-refractivity contribution in [3.63, 3.8) is 0 Å². The molecule has 7 heteroatoms. The van der Waals surface area contributed by atoms with Crippen molar-refractivity contribution in [2.75, 3.05) is 12.4 Å². The summed E-state index contributed by atoms with van der Waals surface area (Å²) in [6.07, 6.45) is 1.48. The van der Waals surface area contributed by atoms with Gasteiger partial charge in [0.25, 0.3) is 5.91 Å². The molecule has 3 aromatic rings. The van der Waals surface area contributed by atoms with E-state index in [4.69, 9.17) is 21.1 Å². The summed E-state index contributed by atoms with van der Waals surface area (Å²) < 4.78 is 11.0. The fraction of sp³-hybridized carbons (Fsp3) is 0.111. The number of nitrogens with one attached hydrogen (secondary N) is 1. The van der Waals surface area contributed by atoms with Gasteiger partial charge in [0.2, 0.25) is 0 Å². The second-order valence-electron chi connectivity index (χ2n) is 5.07. The summed E-state index contributed by atoms with van der Waals surface area (Å²) in [5.74, 6) is 1.56. The fourth-order valence-corrected chi connectivity index (χ4v) is 3.00. The fourth-order valence-electron chi connectivity index (χ4n) is 2.10. The van der Waals surface area contributed by atoms with Gasteiger partial charge in [-0.3, -0.25) is 4.79 Å². The lowest BCUT2D eigenvalue weighted by atomic mass is 10.3. The molecule has 0 saturated carbocycles. The van der Waals surface area contributed by atoms with Crippen molar-refractivity contribution in [3.05, 3.63) is 69.5 Å². The largest absolute Gasteiger partial charge is 0.493 e. The van der Waals surface area contributed by atoms with E-state index in [0.717, 1.165) is 5.56 Å². The van der Waals surface area contributed by atoms with Gasteiger partial charge in [0.15, 0.2) is 11.5 Å². The summed E-state index contributed by atoms with van der Waals surface area (Å²) >= 11 is 7.13. The van der Waals surface area contributed by atoms with E-state index >= 15 is 0 Å². The Hall–Kier alpha value is -2.57. The van der Waals surface area contributed by atoms with Gasteiger partial charge in [0, 0.05) is 11.8 Å². The van der Waals surface area contributed by atoms with E-state index in [0.29, 0.717) is 33.8 Å². The summed E-state index contributed by atoms with van der Waals surface area (Å²) in [7, 11) is 1.60. The van der Waals surface area contributed by atoms with Gasteiger partial charge in [0.05, 0.1) is 17.0 Å². The molecular weight excluding hydrogens is 360 g/mol. The van der Waals surface area contributed by atoms with Crippen molar-refractivity contribution in [1.29, 1.82) is 0 Å². The number of nitrogens with zero attached hydrogens (tertiary/aromatic N) is 1. The summed E-state index contributed by atoms with van der Waals surface area (Å²) in [6, 6.07) is 12.6. The van der Waals surface area contributed by atoms with Crippen LogP contribution in [0.25, 0.3) is 0 Å². The topological polar surface area (TPSA) is 60.5 Å². The number of amides is 1. The Morgan fingerprint density at radius 1 is 1.24 bits per heavy atom. The van der Waals surface area contributed by atoms with Gasteiger partial charge < -0.3 is 14.8 Å². The molecule has 25 heavy (non-hydrogen) atoms. The molecule has 128 valence electrons. The number of halogens is 1. The first kappa shape index (κ1) is 17.3. The molecule has 1 N–H and O–H groups in total. The van der Waals surface area contributed by atoms with Crippen LogP contribution >= 0.6 is 22.9 Å². The maximum absolute atomic E-state index is 12.3. The van der Waals surface area contributed by atoms with E-state index in [1.54, 1.807) is 25.3 Å². The van der Waals surface area contributed by atoms with Crippen molar-refractivity contribution in [3.8, 4) is 11.5 Å². The highest BCUT2D eigenvalue weighted by molar-refractivity contribution is 7.12. The predicted molar refractivity (Wildman–Crippen MR) is 98.8 cm³/mol. The number of carbonyl (C=O) groups excluding carboxylic acids is 1. The number of ether oxygens (including phenoxy) is 2. The minimum absolute atomic E-state index is 0.219. The lowest BCUT2D eigenvalue weighted by Crippen LogP contribution is -2.11. The number of methoxy groups -OCH3 is 1. The highest BCUT2D eigenvalue weighted by atomic mass is 35.5. The van der Waals surface area contributed by atoms with Crippen LogP contribution in [0.3, 0.4) is 0 Å². The highest BCUT2D eigenvalue weighted by Gasteiger charge is 2.11. The molecule has 2 heterocycles. The van der Waals surface area contributed by atoms with Gasteiger partial charge in [-0.05, 0) is 35.7 Å². The van der Waals surface area contributed by atoms with Gasteiger partial charge in [-0.25, -0.2) is 4.98 Å². The number of hydrogen-bond acceptors (Lipinski definition) is 5. The van der Waals surface area contributed by atoms with Crippen LogP contribution in [0.5, 0.6) is 11.5 Å². The zero-order valence-electron chi connectivity index (χ0n) is 13.4. The molecule has 0 unspecified atom stereocenters. The lowest BCUT2D eigenvalue weighted by Gasteiger charge is -2.09. The Morgan fingerprint density at radius 3 is 2.76 bits per heavy atom. The zero-order chi connectivity index (χ0) is 17.6. The first-order chi connectivity index (χ1) is 12.2. The Balaban J connectivity index is 1.61. The number of rotatable bonds is 6. The third-order valence-electron chi connectivity index (χ3n) is 3.31. The molecule has 0 aliphatic rings. The number of hydrogen-bond donors (Lipinski definition) is 1. The van der Waals surface area contributed by atoms with E-state index in [1.807, 2.05) is 29.6 Å². The average Bonchev–Trinajstić information content (AvgIpc) is 3.11. The van der Waals surface area contributed by atoms with Crippen LogP contribution in [-0.2, 0) is 6.61 Å². The first-order valence-electron chi connectivity index (χ1n) is 7.42. The maximum Gasteiger partial charge on any atom is 0.266 e. The molecule has 1 amide bonds. The van der Waals surface area contributed by atoms with E-state index in [9.17, 15) is 4.79 Å². The van der Waals surface area contributed by atoms with Crippen LogP contribution in [0, 0.1) is 0 Å². The molecule has 5 nitrogen and oxygen atoms in total. The van der Waals surface area contributed by atoms with E-state index in [1.165, 1.54) is 17.5 Å². The number of carbonyl (C=O) groups is 1. The van der Waals surface area contributed by atoms with Gasteiger partial charge in [-0.15, -0.1) is 11.3 Å². The highest BCUT2D eigenvalue weighted by Crippen LogP contribution is 2.27. The van der Waals surface area contributed by atoms with Gasteiger partial charge in [0.1, 0.15) is 12.4 Å². The molecule has 0 fully saturated rings. The molecule has 0 aliphatic carbocycles. The van der Waals surface area contributed by atoms with E-state index in [2.05, 4.69) is 10.3 Å². The van der Waals surface area contributed by atoms with Crippen LogP contribution in [0.2, 0.25) is 5.02 Å². The second-order valence-corrected chi connectivity index (χ2v) is 6.42. The number of anilines is 1. The number of aromatic nitrogens is 1. The molecule has 0 radical (unpaired) electrons. The zero-order valence-corrected chi connectivity index (χ0v) is 14.9. The maximum atomic E-state index is 12.3. The third kappa shape index (κ3) is 4.49. The SMILES string of the molecule is COc1ccccc1OCc1csc(C(=O)Nc2ccc(Cl)cn2)c1. The summed E-state index contributed by atoms with van der Waals surface area (Å²) in [5.41, 5.74) is 0.908. The summed E-state index contributed by atoms with van der Waals surface area (Å²) in [4.78, 5) is 16.9. The standard InChI is InChI=1S/C18H15ClN2O3S/c1-23-14-4-2-3-5-15(14)24-10-12-8-16(25-11-12)18(22)21-17-7-6-13(19)9-20-17/h2-9,11H,10H2,1H3,(H,20,21,22). The first-order valence-corrected chi connectivity index (χ1v) is 8.67. The van der Waals surface area contributed by atoms with E-state index in [-0.39, 0.29) is 5.91 Å². The van der Waals surface area contributed by atoms with Gasteiger partial charge in [-0.1, -0.05) is 23.7 Å².